The molecule has 0 saturated carbocycles. The van der Waals surface area contributed by atoms with Gasteiger partial charge in [-0.15, -0.1) is 0 Å². The second-order valence-electron chi connectivity index (χ2n) is 5.23. The maximum absolute atomic E-state index is 7.51. The first-order chi connectivity index (χ1) is 10.8. The Balaban J connectivity index is 1.77. The Kier molecular flexibility index (Phi) is 4.52. The van der Waals surface area contributed by atoms with Crippen molar-refractivity contribution in [2.24, 2.45) is 0 Å². The van der Waals surface area contributed by atoms with E-state index in [9.17, 15) is 0 Å². The first-order valence-electron chi connectivity index (χ1n) is 7.24. The minimum absolute atomic E-state index is 0.761. The fraction of sp³-hybridized carbons (Fsp3) is 0.105. The van der Waals surface area contributed by atoms with E-state index in [1.807, 2.05) is 42.5 Å². The quantitative estimate of drug-likeness (QED) is 0.654. The van der Waals surface area contributed by atoms with Crippen molar-refractivity contribution in [3.05, 3.63) is 82.4 Å². The van der Waals surface area contributed by atoms with Crippen LogP contribution in [0.5, 0.6) is 0 Å². The summed E-state index contributed by atoms with van der Waals surface area (Å²) in [5.41, 5.74) is 3.41. The van der Waals surface area contributed by atoms with Gasteiger partial charge in [-0.1, -0.05) is 60.1 Å². The lowest BCUT2D eigenvalue weighted by Crippen LogP contribution is -2.13. The van der Waals surface area contributed by atoms with Crippen molar-refractivity contribution in [3.63, 3.8) is 0 Å². The Hall–Kier alpha value is -2.16. The molecule has 0 saturated heterocycles. The average Bonchev–Trinajstić information content (AvgIpc) is 2.57. The highest BCUT2D eigenvalue weighted by molar-refractivity contribution is 6.30. The van der Waals surface area contributed by atoms with Gasteiger partial charge in [0.1, 0.15) is 0 Å². The molecule has 0 aromatic heterocycles. The molecule has 0 atom stereocenters. The number of benzene rings is 3. The van der Waals surface area contributed by atoms with E-state index < -0.39 is 0 Å². The van der Waals surface area contributed by atoms with Crippen molar-refractivity contribution in [2.45, 2.75) is 13.1 Å². The molecule has 0 heterocycles. The van der Waals surface area contributed by atoms with E-state index >= 15 is 0 Å². The summed E-state index contributed by atoms with van der Waals surface area (Å²) < 4.78 is 0. The molecule has 0 aliphatic rings. The first-order valence-corrected chi connectivity index (χ1v) is 7.62. The van der Waals surface area contributed by atoms with E-state index in [1.165, 1.54) is 22.7 Å². The van der Waals surface area contributed by atoms with Crippen molar-refractivity contribution in [2.75, 3.05) is 0 Å². The molecule has 0 radical (unpaired) electrons. The average molecular weight is 309 g/mol. The summed E-state index contributed by atoms with van der Waals surface area (Å²) in [6.07, 6.45) is 1.41. The van der Waals surface area contributed by atoms with Gasteiger partial charge in [0, 0.05) is 24.3 Å². The number of hydrogen-bond donors (Lipinski definition) is 2. The third kappa shape index (κ3) is 3.19. The molecule has 3 aromatic carbocycles. The lowest BCUT2D eigenvalue weighted by Gasteiger charge is -2.10. The minimum atomic E-state index is 0.761. The zero-order valence-electron chi connectivity index (χ0n) is 12.1. The summed E-state index contributed by atoms with van der Waals surface area (Å²) in [7, 11) is 0. The molecule has 3 rings (SSSR count). The fourth-order valence-corrected chi connectivity index (χ4v) is 2.73. The second kappa shape index (κ2) is 6.73. The summed E-state index contributed by atoms with van der Waals surface area (Å²) in [6, 6.07) is 20.2. The molecule has 3 heteroatoms. The molecule has 3 aromatic rings. The van der Waals surface area contributed by atoms with Crippen LogP contribution >= 0.6 is 11.6 Å². The van der Waals surface area contributed by atoms with E-state index in [0.717, 1.165) is 29.1 Å². The van der Waals surface area contributed by atoms with Crippen LogP contribution in [0.15, 0.2) is 60.7 Å². The van der Waals surface area contributed by atoms with Crippen molar-refractivity contribution >= 4 is 28.6 Å². The maximum Gasteiger partial charge on any atom is 0.0406 e. The SMILES string of the molecule is N=Cc1ccc(CNCc2ccc(Cl)cc2)c2ccccc12. The predicted molar refractivity (Wildman–Crippen MR) is 93.8 cm³/mol. The molecule has 0 spiro atoms. The minimum Gasteiger partial charge on any atom is -0.309 e. The predicted octanol–water partition coefficient (Wildman–Crippen LogP) is 4.78. The molecule has 0 amide bonds. The van der Waals surface area contributed by atoms with Gasteiger partial charge in [-0.3, -0.25) is 0 Å². The number of nitrogens with one attached hydrogen (secondary N) is 2. The van der Waals surface area contributed by atoms with Crippen LogP contribution in [-0.4, -0.2) is 6.21 Å². The summed E-state index contributed by atoms with van der Waals surface area (Å²) in [5.74, 6) is 0. The van der Waals surface area contributed by atoms with Crippen molar-refractivity contribution in [3.8, 4) is 0 Å². The lowest BCUT2D eigenvalue weighted by atomic mass is 10.00. The topological polar surface area (TPSA) is 35.9 Å². The molecule has 0 fully saturated rings. The van der Waals surface area contributed by atoms with Crippen LogP contribution < -0.4 is 5.32 Å². The normalized spacial score (nSPS) is 10.8. The van der Waals surface area contributed by atoms with Gasteiger partial charge in [-0.05, 0) is 39.6 Å². The summed E-state index contributed by atoms with van der Waals surface area (Å²) in [4.78, 5) is 0. The summed E-state index contributed by atoms with van der Waals surface area (Å²) >= 11 is 5.90. The lowest BCUT2D eigenvalue weighted by molar-refractivity contribution is 0.696. The third-order valence-electron chi connectivity index (χ3n) is 3.76. The Morgan fingerprint density at radius 2 is 1.59 bits per heavy atom. The van der Waals surface area contributed by atoms with Gasteiger partial charge < -0.3 is 10.7 Å². The number of rotatable bonds is 5. The summed E-state index contributed by atoms with van der Waals surface area (Å²) in [6.45, 7) is 1.60. The van der Waals surface area contributed by atoms with Crippen LogP contribution in [0.1, 0.15) is 16.7 Å². The molecule has 22 heavy (non-hydrogen) atoms. The van der Waals surface area contributed by atoms with E-state index in [0.29, 0.717) is 0 Å². The van der Waals surface area contributed by atoms with Crippen LogP contribution in [-0.2, 0) is 13.1 Å². The van der Waals surface area contributed by atoms with E-state index in [2.05, 4.69) is 23.5 Å². The largest absolute Gasteiger partial charge is 0.309 e. The molecule has 0 bridgehead atoms. The fourth-order valence-electron chi connectivity index (χ4n) is 2.61. The Labute approximate surface area is 135 Å². The molecule has 2 N–H and O–H groups in total. The standard InChI is InChI=1S/C19H17ClN2/c20-17-9-5-14(6-10-17)12-22-13-16-8-7-15(11-21)18-3-1-2-4-19(16)18/h1-11,21-22H,12-13H2. The number of fused-ring (bicyclic) bond motifs is 1. The monoisotopic (exact) mass is 308 g/mol. The molecule has 0 unspecified atom stereocenters. The van der Waals surface area contributed by atoms with E-state index in [1.54, 1.807) is 0 Å². The number of halogens is 1. The van der Waals surface area contributed by atoms with Crippen molar-refractivity contribution in [1.29, 1.82) is 5.41 Å². The highest BCUT2D eigenvalue weighted by Crippen LogP contribution is 2.22. The maximum atomic E-state index is 7.51. The third-order valence-corrected chi connectivity index (χ3v) is 4.01. The smallest absolute Gasteiger partial charge is 0.0406 e. The zero-order valence-corrected chi connectivity index (χ0v) is 12.9. The van der Waals surface area contributed by atoms with Gasteiger partial charge >= 0.3 is 0 Å². The first kappa shape index (κ1) is 14.8. The van der Waals surface area contributed by atoms with Crippen LogP contribution in [0.25, 0.3) is 10.8 Å². The van der Waals surface area contributed by atoms with Gasteiger partial charge in [0.15, 0.2) is 0 Å². The Morgan fingerprint density at radius 1 is 0.864 bits per heavy atom. The van der Waals surface area contributed by atoms with Crippen LogP contribution in [0.2, 0.25) is 5.02 Å². The van der Waals surface area contributed by atoms with Crippen molar-refractivity contribution < 1.29 is 0 Å². The molecule has 110 valence electrons. The van der Waals surface area contributed by atoms with Gasteiger partial charge in [0.2, 0.25) is 0 Å². The Morgan fingerprint density at radius 3 is 2.32 bits per heavy atom. The number of hydrogen-bond acceptors (Lipinski definition) is 2. The van der Waals surface area contributed by atoms with Crippen LogP contribution in [0, 0.1) is 5.41 Å². The molecular formula is C19H17ClN2. The van der Waals surface area contributed by atoms with Gasteiger partial charge in [-0.2, -0.15) is 0 Å². The Bertz CT molecular complexity index is 794. The van der Waals surface area contributed by atoms with Crippen molar-refractivity contribution in [1.82, 2.24) is 5.32 Å². The van der Waals surface area contributed by atoms with E-state index in [-0.39, 0.29) is 0 Å². The highest BCUT2D eigenvalue weighted by Gasteiger charge is 2.04. The highest BCUT2D eigenvalue weighted by atomic mass is 35.5. The van der Waals surface area contributed by atoms with Gasteiger partial charge in [0.25, 0.3) is 0 Å². The van der Waals surface area contributed by atoms with Crippen LogP contribution in [0.4, 0.5) is 0 Å². The van der Waals surface area contributed by atoms with E-state index in [4.69, 9.17) is 17.0 Å². The zero-order chi connectivity index (χ0) is 15.4. The molecule has 0 aliphatic carbocycles. The van der Waals surface area contributed by atoms with Gasteiger partial charge in [0.05, 0.1) is 0 Å². The molecule has 2 nitrogen and oxygen atoms in total. The second-order valence-corrected chi connectivity index (χ2v) is 5.67. The molecular weight excluding hydrogens is 292 g/mol. The summed E-state index contributed by atoms with van der Waals surface area (Å²) in [5, 5.41) is 14.1. The van der Waals surface area contributed by atoms with Crippen LogP contribution in [0.3, 0.4) is 0 Å². The van der Waals surface area contributed by atoms with Gasteiger partial charge in [-0.25, -0.2) is 0 Å². The molecule has 0 aliphatic heterocycles.